The summed E-state index contributed by atoms with van der Waals surface area (Å²) >= 11 is 0. The minimum Gasteiger partial charge on any atom is -0.447 e. The van der Waals surface area contributed by atoms with E-state index >= 15 is 0 Å². The van der Waals surface area contributed by atoms with Crippen LogP contribution in [-0.4, -0.2) is 39.8 Å². The first-order valence-electron chi connectivity index (χ1n) is 8.38. The number of benzene rings is 2. The number of carbonyl (C=O) groups excluding carboxylic acids is 2. The molecule has 0 aliphatic carbocycles. The van der Waals surface area contributed by atoms with Crippen LogP contribution >= 0.6 is 0 Å². The molecule has 0 saturated carbocycles. The van der Waals surface area contributed by atoms with Crippen molar-refractivity contribution in [2.75, 3.05) is 24.3 Å². The van der Waals surface area contributed by atoms with Gasteiger partial charge in [-0.2, -0.15) is 0 Å². The summed E-state index contributed by atoms with van der Waals surface area (Å²) in [6.07, 6.45) is 0.732. The Kier molecular flexibility index (Phi) is 5.18. The van der Waals surface area contributed by atoms with Gasteiger partial charge in [0.15, 0.2) is 9.84 Å². The number of hydrogen-bond acceptors (Lipinski definition) is 5. The summed E-state index contributed by atoms with van der Waals surface area (Å²) in [6, 6.07) is 11.8. The molecule has 1 saturated heterocycles. The van der Waals surface area contributed by atoms with E-state index in [0.29, 0.717) is 24.4 Å². The summed E-state index contributed by atoms with van der Waals surface area (Å²) in [7, 11) is -3.41. The van der Waals surface area contributed by atoms with Crippen LogP contribution in [0.25, 0.3) is 0 Å². The minimum absolute atomic E-state index is 0.143. The molecule has 2 aromatic carbocycles. The Bertz CT molecular complexity index is 1000. The predicted molar refractivity (Wildman–Crippen MR) is 101 cm³/mol. The third-order valence-corrected chi connectivity index (χ3v) is 5.52. The standard InChI is InChI=1S/C19H20N2O5S/c1-13-6-7-15(11-17(13)27(2,24)25)18(22)20-12-14-4-3-5-16(10-14)21-8-9-26-19(21)23/h3-7,10-11H,8-9,12H2,1-2H3,(H,20,22). The quantitative estimate of drug-likeness (QED) is 0.848. The minimum atomic E-state index is -3.41. The molecule has 2 aromatic rings. The van der Waals surface area contributed by atoms with E-state index in [2.05, 4.69) is 5.32 Å². The lowest BCUT2D eigenvalue weighted by Crippen LogP contribution is -2.25. The van der Waals surface area contributed by atoms with Crippen molar-refractivity contribution in [1.29, 1.82) is 0 Å². The summed E-state index contributed by atoms with van der Waals surface area (Å²) in [5.74, 6) is -0.370. The molecule has 1 N–H and O–H groups in total. The number of ether oxygens (including phenoxy) is 1. The lowest BCUT2D eigenvalue weighted by atomic mass is 10.1. The van der Waals surface area contributed by atoms with Crippen LogP contribution in [0.2, 0.25) is 0 Å². The van der Waals surface area contributed by atoms with Gasteiger partial charge in [-0.05, 0) is 42.3 Å². The highest BCUT2D eigenvalue weighted by atomic mass is 32.2. The highest BCUT2D eigenvalue weighted by molar-refractivity contribution is 7.90. The maximum atomic E-state index is 12.4. The number of sulfone groups is 1. The molecule has 0 bridgehead atoms. The van der Waals surface area contributed by atoms with Crippen LogP contribution < -0.4 is 10.2 Å². The first-order valence-corrected chi connectivity index (χ1v) is 10.3. The van der Waals surface area contributed by atoms with Gasteiger partial charge in [0.25, 0.3) is 5.91 Å². The molecule has 1 fully saturated rings. The summed E-state index contributed by atoms with van der Waals surface area (Å²) < 4.78 is 28.6. The van der Waals surface area contributed by atoms with Crippen molar-refractivity contribution in [3.8, 4) is 0 Å². The fourth-order valence-corrected chi connectivity index (χ4v) is 3.88. The molecule has 8 heteroatoms. The number of nitrogens with zero attached hydrogens (tertiary/aromatic N) is 1. The second kappa shape index (κ2) is 7.40. The van der Waals surface area contributed by atoms with Gasteiger partial charge in [0, 0.05) is 24.1 Å². The van der Waals surface area contributed by atoms with Crippen molar-refractivity contribution < 1.29 is 22.7 Å². The molecule has 27 heavy (non-hydrogen) atoms. The SMILES string of the molecule is Cc1ccc(C(=O)NCc2cccc(N3CCOC3=O)c2)cc1S(C)(=O)=O. The van der Waals surface area contributed by atoms with Crippen molar-refractivity contribution >= 4 is 27.5 Å². The van der Waals surface area contributed by atoms with Gasteiger partial charge in [0.05, 0.1) is 11.4 Å². The Morgan fingerprint density at radius 2 is 2.00 bits per heavy atom. The average molecular weight is 388 g/mol. The van der Waals surface area contributed by atoms with Crippen molar-refractivity contribution in [3.63, 3.8) is 0 Å². The largest absolute Gasteiger partial charge is 0.447 e. The van der Waals surface area contributed by atoms with Crippen LogP contribution in [0, 0.1) is 6.92 Å². The van der Waals surface area contributed by atoms with Gasteiger partial charge in [-0.25, -0.2) is 13.2 Å². The van der Waals surface area contributed by atoms with Crippen LogP contribution in [0.3, 0.4) is 0 Å². The first-order chi connectivity index (χ1) is 12.8. The highest BCUT2D eigenvalue weighted by Crippen LogP contribution is 2.20. The second-order valence-corrected chi connectivity index (χ2v) is 8.36. The van der Waals surface area contributed by atoms with Crippen LogP contribution in [0.5, 0.6) is 0 Å². The van der Waals surface area contributed by atoms with Crippen molar-refractivity contribution in [1.82, 2.24) is 5.32 Å². The Labute approximate surface area is 157 Å². The zero-order valence-electron chi connectivity index (χ0n) is 15.1. The monoisotopic (exact) mass is 388 g/mol. The van der Waals surface area contributed by atoms with Gasteiger partial charge in [0.1, 0.15) is 6.61 Å². The Balaban J connectivity index is 1.72. The normalized spacial score (nSPS) is 14.1. The molecule has 0 spiro atoms. The molecule has 1 aliphatic rings. The Morgan fingerprint density at radius 1 is 1.22 bits per heavy atom. The predicted octanol–water partition coefficient (Wildman–Crippen LogP) is 2.29. The van der Waals surface area contributed by atoms with Crippen LogP contribution in [0.15, 0.2) is 47.4 Å². The number of cyclic esters (lactones) is 1. The fraction of sp³-hybridized carbons (Fsp3) is 0.263. The molecule has 0 atom stereocenters. The molecule has 0 unspecified atom stereocenters. The maximum absolute atomic E-state index is 12.4. The van der Waals surface area contributed by atoms with Gasteiger partial charge < -0.3 is 10.1 Å². The van der Waals surface area contributed by atoms with Gasteiger partial charge in [-0.15, -0.1) is 0 Å². The molecular formula is C19H20N2O5S. The zero-order chi connectivity index (χ0) is 19.6. The van der Waals surface area contributed by atoms with Crippen molar-refractivity contribution in [2.24, 2.45) is 0 Å². The molecule has 0 aromatic heterocycles. The summed E-state index contributed by atoms with van der Waals surface area (Å²) in [4.78, 5) is 25.7. The van der Waals surface area contributed by atoms with Gasteiger partial charge in [-0.1, -0.05) is 18.2 Å². The second-order valence-electron chi connectivity index (χ2n) is 6.37. The van der Waals surface area contributed by atoms with E-state index in [1.807, 2.05) is 12.1 Å². The van der Waals surface area contributed by atoms with E-state index < -0.39 is 9.84 Å². The highest BCUT2D eigenvalue weighted by Gasteiger charge is 2.23. The first kappa shape index (κ1) is 18.9. The average Bonchev–Trinajstić information content (AvgIpc) is 3.05. The molecule has 142 valence electrons. The van der Waals surface area contributed by atoms with Crippen LogP contribution in [0.4, 0.5) is 10.5 Å². The maximum Gasteiger partial charge on any atom is 0.414 e. The number of rotatable bonds is 5. The molecule has 0 radical (unpaired) electrons. The third kappa shape index (κ3) is 4.28. The van der Waals surface area contributed by atoms with E-state index in [-0.39, 0.29) is 29.0 Å². The van der Waals surface area contributed by atoms with Gasteiger partial charge in [0.2, 0.25) is 0 Å². The van der Waals surface area contributed by atoms with Gasteiger partial charge >= 0.3 is 6.09 Å². The third-order valence-electron chi connectivity index (χ3n) is 4.29. The summed E-state index contributed by atoms with van der Waals surface area (Å²) in [6.45, 7) is 2.78. The van der Waals surface area contributed by atoms with E-state index in [0.717, 1.165) is 11.8 Å². The number of hydrogen-bond donors (Lipinski definition) is 1. The molecule has 1 heterocycles. The van der Waals surface area contributed by atoms with Crippen molar-refractivity contribution in [2.45, 2.75) is 18.4 Å². The van der Waals surface area contributed by atoms with E-state index in [9.17, 15) is 18.0 Å². The molecule has 2 amide bonds. The lowest BCUT2D eigenvalue weighted by molar-refractivity contribution is 0.0950. The smallest absolute Gasteiger partial charge is 0.414 e. The number of anilines is 1. The summed E-state index contributed by atoms with van der Waals surface area (Å²) in [5, 5.41) is 2.77. The molecule has 1 aliphatic heterocycles. The Hall–Kier alpha value is -2.87. The van der Waals surface area contributed by atoms with Crippen molar-refractivity contribution in [3.05, 3.63) is 59.2 Å². The number of nitrogens with one attached hydrogen (secondary N) is 1. The van der Waals surface area contributed by atoms with E-state index in [1.54, 1.807) is 31.2 Å². The summed E-state index contributed by atoms with van der Waals surface area (Å²) in [5.41, 5.74) is 2.40. The zero-order valence-corrected chi connectivity index (χ0v) is 15.9. The lowest BCUT2D eigenvalue weighted by Gasteiger charge is -2.14. The molecule has 7 nitrogen and oxygen atoms in total. The van der Waals surface area contributed by atoms with Crippen LogP contribution in [0.1, 0.15) is 21.5 Å². The van der Waals surface area contributed by atoms with Crippen LogP contribution in [-0.2, 0) is 21.1 Å². The molecule has 3 rings (SSSR count). The number of amides is 2. The fourth-order valence-electron chi connectivity index (χ4n) is 2.89. The van der Waals surface area contributed by atoms with Gasteiger partial charge in [-0.3, -0.25) is 9.69 Å². The molecular weight excluding hydrogens is 368 g/mol. The van der Waals surface area contributed by atoms with E-state index in [1.165, 1.54) is 11.0 Å². The number of aryl methyl sites for hydroxylation is 1. The topological polar surface area (TPSA) is 92.8 Å². The Morgan fingerprint density at radius 3 is 2.67 bits per heavy atom. The number of carbonyl (C=O) groups is 2. The van der Waals surface area contributed by atoms with E-state index in [4.69, 9.17) is 4.74 Å².